The molecule has 0 unspecified atom stereocenters. The van der Waals surface area contributed by atoms with E-state index in [1.807, 2.05) is 36.0 Å². The number of aliphatic hydroxyl groups excluding tert-OH is 1. The van der Waals surface area contributed by atoms with Crippen LogP contribution >= 0.6 is 0 Å². The number of hydrogen-bond acceptors (Lipinski definition) is 3. The third-order valence-corrected chi connectivity index (χ3v) is 5.99. The molecule has 0 spiro atoms. The lowest BCUT2D eigenvalue weighted by Gasteiger charge is -2.41. The Morgan fingerprint density at radius 3 is 2.36 bits per heavy atom. The van der Waals surface area contributed by atoms with Crippen LogP contribution in [0.1, 0.15) is 34.5 Å². The molecule has 4 rings (SSSR count). The normalized spacial score (nSPS) is 24.9. The van der Waals surface area contributed by atoms with Crippen molar-refractivity contribution in [1.29, 1.82) is 0 Å². The molecule has 0 amide bonds. The monoisotopic (exact) mass is 338 g/mol. The first kappa shape index (κ1) is 16.6. The van der Waals surface area contributed by atoms with Crippen molar-refractivity contribution in [2.45, 2.75) is 37.8 Å². The van der Waals surface area contributed by atoms with Gasteiger partial charge in [0.2, 0.25) is 0 Å². The summed E-state index contributed by atoms with van der Waals surface area (Å²) in [6.07, 6.45) is 5.04. The zero-order valence-electron chi connectivity index (χ0n) is 14.8. The van der Waals surface area contributed by atoms with Gasteiger partial charge in [-0.05, 0) is 55.6 Å². The van der Waals surface area contributed by atoms with Crippen LogP contribution in [-0.2, 0) is 19.9 Å². The van der Waals surface area contributed by atoms with Crippen LogP contribution in [-0.4, -0.2) is 45.6 Å². The number of benzene rings is 1. The summed E-state index contributed by atoms with van der Waals surface area (Å²) in [5.74, 6) is 0.375. The van der Waals surface area contributed by atoms with E-state index in [1.165, 1.54) is 11.1 Å². The Balaban J connectivity index is 1.41. The van der Waals surface area contributed by atoms with Crippen molar-refractivity contribution in [1.82, 2.24) is 9.47 Å². The quantitative estimate of drug-likeness (QED) is 0.875. The lowest BCUT2D eigenvalue weighted by molar-refractivity contribution is 0.0238. The van der Waals surface area contributed by atoms with Gasteiger partial charge in [0.1, 0.15) is 0 Å². The number of ketones is 1. The van der Waals surface area contributed by atoms with Gasteiger partial charge in [-0.2, -0.15) is 0 Å². The number of hydrogen-bond donors (Lipinski definition) is 1. The molecule has 25 heavy (non-hydrogen) atoms. The molecule has 1 aromatic carbocycles. The van der Waals surface area contributed by atoms with E-state index in [-0.39, 0.29) is 23.8 Å². The molecule has 0 bridgehead atoms. The molecule has 2 aliphatic rings. The SMILES string of the molecule is Cn1cccc1C(=O)C1CCN([C@H]2Cc3ccccc3C[C@@H]2O)CC1. The van der Waals surface area contributed by atoms with Crippen LogP contribution in [0.2, 0.25) is 0 Å². The molecule has 0 radical (unpaired) electrons. The van der Waals surface area contributed by atoms with E-state index in [4.69, 9.17) is 0 Å². The molecule has 2 atom stereocenters. The van der Waals surface area contributed by atoms with Crippen LogP contribution in [0.15, 0.2) is 42.6 Å². The number of piperidine rings is 1. The molecular formula is C21H26N2O2. The van der Waals surface area contributed by atoms with Crippen molar-refractivity contribution >= 4 is 5.78 Å². The lowest BCUT2D eigenvalue weighted by Crippen LogP contribution is -2.51. The Hall–Kier alpha value is -1.91. The number of rotatable bonds is 3. The van der Waals surface area contributed by atoms with Gasteiger partial charge < -0.3 is 9.67 Å². The van der Waals surface area contributed by atoms with E-state index in [0.717, 1.165) is 44.5 Å². The van der Waals surface area contributed by atoms with Gasteiger partial charge in [0.15, 0.2) is 5.78 Å². The van der Waals surface area contributed by atoms with E-state index in [0.29, 0.717) is 0 Å². The molecule has 1 saturated heterocycles. The minimum Gasteiger partial charge on any atom is -0.391 e. The summed E-state index contributed by atoms with van der Waals surface area (Å²) in [6, 6.07) is 12.5. The van der Waals surface area contributed by atoms with Crippen LogP contribution in [0.3, 0.4) is 0 Å². The molecule has 2 aromatic rings. The highest BCUT2D eigenvalue weighted by Crippen LogP contribution is 2.29. The summed E-state index contributed by atoms with van der Waals surface area (Å²) in [5.41, 5.74) is 3.45. The number of aromatic nitrogens is 1. The van der Waals surface area contributed by atoms with Gasteiger partial charge in [-0.1, -0.05) is 24.3 Å². The average molecular weight is 338 g/mol. The Morgan fingerprint density at radius 2 is 1.72 bits per heavy atom. The fourth-order valence-electron chi connectivity index (χ4n) is 4.47. The van der Waals surface area contributed by atoms with Crippen LogP contribution in [0.4, 0.5) is 0 Å². The molecule has 4 heteroatoms. The zero-order valence-corrected chi connectivity index (χ0v) is 14.8. The van der Waals surface area contributed by atoms with Crippen LogP contribution in [0.25, 0.3) is 0 Å². The highest BCUT2D eigenvalue weighted by Gasteiger charge is 2.35. The zero-order chi connectivity index (χ0) is 17.4. The number of carbonyl (C=O) groups excluding carboxylic acids is 1. The summed E-state index contributed by atoms with van der Waals surface area (Å²) in [7, 11) is 1.93. The molecule has 132 valence electrons. The maximum atomic E-state index is 12.7. The second kappa shape index (κ2) is 6.77. The molecule has 2 heterocycles. The molecule has 1 N–H and O–H groups in total. The maximum absolute atomic E-state index is 12.7. The van der Waals surface area contributed by atoms with Crippen LogP contribution in [0, 0.1) is 5.92 Å². The Bertz CT molecular complexity index is 759. The minimum absolute atomic E-state index is 0.109. The van der Waals surface area contributed by atoms with Crippen molar-refractivity contribution in [3.8, 4) is 0 Å². The first-order valence-electron chi connectivity index (χ1n) is 9.28. The fourth-order valence-corrected chi connectivity index (χ4v) is 4.47. The predicted octanol–water partition coefficient (Wildman–Crippen LogP) is 2.45. The van der Waals surface area contributed by atoms with Crippen LogP contribution < -0.4 is 0 Å². The van der Waals surface area contributed by atoms with E-state index < -0.39 is 0 Å². The number of Topliss-reactive ketones (excluding diaryl/α,β-unsaturated/α-hetero) is 1. The fraction of sp³-hybridized carbons (Fsp3) is 0.476. The molecule has 1 aliphatic heterocycles. The predicted molar refractivity (Wildman–Crippen MR) is 97.7 cm³/mol. The Kier molecular flexibility index (Phi) is 4.48. The van der Waals surface area contributed by atoms with E-state index in [9.17, 15) is 9.90 Å². The summed E-state index contributed by atoms with van der Waals surface area (Å²) < 4.78 is 1.91. The summed E-state index contributed by atoms with van der Waals surface area (Å²) in [6.45, 7) is 1.79. The van der Waals surface area contributed by atoms with Gasteiger partial charge in [-0.25, -0.2) is 0 Å². The standard InChI is InChI=1S/C21H26N2O2/c1-22-10-4-7-18(22)21(25)15-8-11-23(12-9-15)19-13-16-5-2-3-6-17(16)14-20(19)24/h2-7,10,15,19-20,24H,8-9,11-14H2,1H3/t19-,20-/m0/s1. The first-order chi connectivity index (χ1) is 12.1. The smallest absolute Gasteiger partial charge is 0.182 e. The Morgan fingerprint density at radius 1 is 1.04 bits per heavy atom. The summed E-state index contributed by atoms with van der Waals surface area (Å²) in [5, 5.41) is 10.6. The maximum Gasteiger partial charge on any atom is 0.182 e. The number of aryl methyl sites for hydroxylation is 1. The molecule has 1 aromatic heterocycles. The lowest BCUT2D eigenvalue weighted by atomic mass is 9.83. The molecule has 4 nitrogen and oxygen atoms in total. The van der Waals surface area contributed by atoms with Gasteiger partial charge in [0.05, 0.1) is 11.8 Å². The van der Waals surface area contributed by atoms with Crippen molar-refractivity contribution in [2.75, 3.05) is 13.1 Å². The first-order valence-corrected chi connectivity index (χ1v) is 9.28. The van der Waals surface area contributed by atoms with Crippen molar-refractivity contribution < 1.29 is 9.90 Å². The number of aliphatic hydroxyl groups is 1. The van der Waals surface area contributed by atoms with E-state index >= 15 is 0 Å². The second-order valence-electron chi connectivity index (χ2n) is 7.49. The van der Waals surface area contributed by atoms with Crippen molar-refractivity contribution in [2.24, 2.45) is 13.0 Å². The van der Waals surface area contributed by atoms with Crippen molar-refractivity contribution in [3.63, 3.8) is 0 Å². The molecule has 1 aliphatic carbocycles. The minimum atomic E-state index is -0.310. The van der Waals surface area contributed by atoms with Crippen LogP contribution in [0.5, 0.6) is 0 Å². The third-order valence-electron chi connectivity index (χ3n) is 5.99. The molecular weight excluding hydrogens is 312 g/mol. The number of carbonyl (C=O) groups is 1. The van der Waals surface area contributed by atoms with Gasteiger partial charge in [-0.15, -0.1) is 0 Å². The highest BCUT2D eigenvalue weighted by molar-refractivity contribution is 5.96. The van der Waals surface area contributed by atoms with E-state index in [1.54, 1.807) is 0 Å². The van der Waals surface area contributed by atoms with Gasteiger partial charge in [0, 0.05) is 31.6 Å². The number of nitrogens with zero attached hydrogens (tertiary/aromatic N) is 2. The van der Waals surface area contributed by atoms with E-state index in [2.05, 4.69) is 23.1 Å². The van der Waals surface area contributed by atoms with Crippen molar-refractivity contribution in [3.05, 3.63) is 59.4 Å². The molecule has 0 saturated carbocycles. The second-order valence-corrected chi connectivity index (χ2v) is 7.49. The van der Waals surface area contributed by atoms with Gasteiger partial charge in [-0.3, -0.25) is 9.69 Å². The largest absolute Gasteiger partial charge is 0.391 e. The van der Waals surface area contributed by atoms with Gasteiger partial charge >= 0.3 is 0 Å². The molecule has 1 fully saturated rings. The number of fused-ring (bicyclic) bond motifs is 1. The Labute approximate surface area is 149 Å². The summed E-state index contributed by atoms with van der Waals surface area (Å²) in [4.78, 5) is 15.1. The average Bonchev–Trinajstić information content (AvgIpc) is 3.06. The summed E-state index contributed by atoms with van der Waals surface area (Å²) >= 11 is 0. The van der Waals surface area contributed by atoms with Gasteiger partial charge in [0.25, 0.3) is 0 Å². The topological polar surface area (TPSA) is 45.5 Å². The number of likely N-dealkylation sites (tertiary alicyclic amines) is 1. The highest BCUT2D eigenvalue weighted by atomic mass is 16.3. The third kappa shape index (κ3) is 3.16.